The lowest BCUT2D eigenvalue weighted by Gasteiger charge is -2.32. The van der Waals surface area contributed by atoms with E-state index in [-0.39, 0.29) is 5.56 Å². The van der Waals surface area contributed by atoms with Gasteiger partial charge in [-0.05, 0) is 65.5 Å². The van der Waals surface area contributed by atoms with E-state index in [1.54, 1.807) is 24.3 Å². The zero-order chi connectivity index (χ0) is 24.1. The first-order valence-electron chi connectivity index (χ1n) is 10.4. The molecule has 5 aromatic rings. The minimum Gasteiger partial charge on any atom is -0.497 e. The van der Waals surface area contributed by atoms with Gasteiger partial charge < -0.3 is 14.4 Å². The van der Waals surface area contributed by atoms with Crippen LogP contribution in [0.4, 0.5) is 17.6 Å². The Bertz CT molecular complexity index is 1490. The van der Waals surface area contributed by atoms with Crippen LogP contribution in [-0.2, 0) is 12.1 Å². The number of fused-ring (bicyclic) bond motifs is 2. The molecule has 3 aromatic carbocycles. The molecule has 0 aliphatic rings. The van der Waals surface area contributed by atoms with Gasteiger partial charge in [-0.2, -0.15) is 18.3 Å². The van der Waals surface area contributed by atoms with Crippen molar-refractivity contribution in [1.29, 1.82) is 0 Å². The standard InChI is InChI=1S/C25H19F4N3O2/c1-34-21-8-2-16-10-11-31(23(16)13-21)15-24(33,25(27,28)29)18-3-9-22-17(12-18)14-30-32(22)20-6-4-19(26)5-7-20/h2-14,33H,15H2,1H3. The van der Waals surface area contributed by atoms with Crippen LogP contribution in [0.5, 0.6) is 5.75 Å². The third-order valence-electron chi connectivity index (χ3n) is 5.97. The molecular weight excluding hydrogens is 450 g/mol. The number of rotatable bonds is 5. The summed E-state index contributed by atoms with van der Waals surface area (Å²) in [4.78, 5) is 0. The van der Waals surface area contributed by atoms with Gasteiger partial charge in [-0.3, -0.25) is 0 Å². The molecule has 1 atom stereocenters. The fourth-order valence-corrected chi connectivity index (χ4v) is 4.10. The van der Waals surface area contributed by atoms with Crippen LogP contribution in [0.15, 0.2) is 79.1 Å². The summed E-state index contributed by atoms with van der Waals surface area (Å²) in [6, 6.07) is 16.3. The second-order valence-electron chi connectivity index (χ2n) is 8.03. The molecular formula is C25H19F4N3O2. The summed E-state index contributed by atoms with van der Waals surface area (Å²) in [5.74, 6) is 0.0884. The van der Waals surface area contributed by atoms with Crippen LogP contribution in [0.25, 0.3) is 27.5 Å². The lowest BCUT2D eigenvalue weighted by molar-refractivity contribution is -0.271. The first-order chi connectivity index (χ1) is 16.2. The summed E-state index contributed by atoms with van der Waals surface area (Å²) in [6.45, 7) is -0.745. The molecule has 34 heavy (non-hydrogen) atoms. The zero-order valence-electron chi connectivity index (χ0n) is 17.9. The number of halogens is 4. The summed E-state index contributed by atoms with van der Waals surface area (Å²) < 4.78 is 64.2. The van der Waals surface area contributed by atoms with E-state index in [1.807, 2.05) is 0 Å². The van der Waals surface area contributed by atoms with E-state index in [9.17, 15) is 22.7 Å². The van der Waals surface area contributed by atoms with Crippen molar-refractivity contribution in [2.45, 2.75) is 18.3 Å². The van der Waals surface area contributed by atoms with Crippen LogP contribution in [0.1, 0.15) is 5.56 Å². The summed E-state index contributed by atoms with van der Waals surface area (Å²) in [6.07, 6.45) is -2.04. The molecule has 0 saturated carbocycles. The highest BCUT2D eigenvalue weighted by Crippen LogP contribution is 2.42. The third-order valence-corrected chi connectivity index (χ3v) is 5.97. The van der Waals surface area contributed by atoms with Crippen molar-refractivity contribution in [2.75, 3.05) is 7.11 Å². The normalized spacial score (nSPS) is 13.9. The second-order valence-corrected chi connectivity index (χ2v) is 8.03. The highest BCUT2D eigenvalue weighted by atomic mass is 19.4. The second kappa shape index (κ2) is 7.88. The quantitative estimate of drug-likeness (QED) is 0.342. The number of alkyl halides is 3. The van der Waals surface area contributed by atoms with Crippen molar-refractivity contribution in [3.05, 3.63) is 90.5 Å². The van der Waals surface area contributed by atoms with Gasteiger partial charge in [0.25, 0.3) is 0 Å². The molecule has 0 spiro atoms. The highest BCUT2D eigenvalue weighted by molar-refractivity contribution is 5.82. The minimum absolute atomic E-state index is 0.309. The van der Waals surface area contributed by atoms with Crippen molar-refractivity contribution in [3.63, 3.8) is 0 Å². The van der Waals surface area contributed by atoms with E-state index in [1.165, 1.54) is 71.2 Å². The SMILES string of the molecule is COc1ccc2ccn(CC(O)(c3ccc4c(cnn4-c4ccc(F)cc4)c3)C(F)(F)F)c2c1. The van der Waals surface area contributed by atoms with Crippen LogP contribution >= 0.6 is 0 Å². The van der Waals surface area contributed by atoms with E-state index in [2.05, 4.69) is 5.10 Å². The Morgan fingerprint density at radius 2 is 1.68 bits per heavy atom. The molecule has 2 aromatic heterocycles. The molecule has 0 amide bonds. The molecule has 174 valence electrons. The minimum atomic E-state index is -4.96. The lowest BCUT2D eigenvalue weighted by atomic mass is 9.91. The molecule has 5 rings (SSSR count). The smallest absolute Gasteiger partial charge is 0.423 e. The first-order valence-corrected chi connectivity index (χ1v) is 10.4. The van der Waals surface area contributed by atoms with Gasteiger partial charge in [-0.25, -0.2) is 9.07 Å². The molecule has 0 bridgehead atoms. The van der Waals surface area contributed by atoms with E-state index in [0.717, 1.165) is 5.39 Å². The van der Waals surface area contributed by atoms with E-state index in [4.69, 9.17) is 4.74 Å². The Morgan fingerprint density at radius 1 is 0.912 bits per heavy atom. The number of nitrogens with zero attached hydrogens (tertiary/aromatic N) is 3. The molecule has 0 saturated heterocycles. The Hall–Kier alpha value is -3.85. The molecule has 2 heterocycles. The predicted molar refractivity (Wildman–Crippen MR) is 119 cm³/mol. The maximum Gasteiger partial charge on any atom is 0.423 e. The number of ether oxygens (including phenoxy) is 1. The molecule has 1 N–H and O–H groups in total. The molecule has 0 aliphatic heterocycles. The van der Waals surface area contributed by atoms with Crippen LogP contribution in [0.2, 0.25) is 0 Å². The topological polar surface area (TPSA) is 52.2 Å². The van der Waals surface area contributed by atoms with E-state index >= 15 is 0 Å². The summed E-state index contributed by atoms with van der Waals surface area (Å²) in [5, 5.41) is 16.4. The summed E-state index contributed by atoms with van der Waals surface area (Å²) in [5.41, 5.74) is -1.88. The van der Waals surface area contributed by atoms with Crippen molar-refractivity contribution < 1.29 is 27.4 Å². The van der Waals surface area contributed by atoms with Gasteiger partial charge in [0, 0.05) is 17.6 Å². The Balaban J connectivity index is 1.58. The van der Waals surface area contributed by atoms with Gasteiger partial charge in [0.1, 0.15) is 11.6 Å². The highest BCUT2D eigenvalue weighted by Gasteiger charge is 2.55. The van der Waals surface area contributed by atoms with Crippen molar-refractivity contribution in [1.82, 2.24) is 14.3 Å². The molecule has 5 nitrogen and oxygen atoms in total. The number of hydrogen-bond acceptors (Lipinski definition) is 3. The van der Waals surface area contributed by atoms with Crippen LogP contribution in [-0.4, -0.2) is 32.7 Å². The van der Waals surface area contributed by atoms with Crippen molar-refractivity contribution in [3.8, 4) is 11.4 Å². The van der Waals surface area contributed by atoms with Gasteiger partial charge in [0.2, 0.25) is 5.60 Å². The van der Waals surface area contributed by atoms with Gasteiger partial charge in [0.15, 0.2) is 0 Å². The van der Waals surface area contributed by atoms with Crippen LogP contribution in [0, 0.1) is 5.82 Å². The van der Waals surface area contributed by atoms with E-state index in [0.29, 0.717) is 27.9 Å². The molecule has 0 aliphatic carbocycles. The number of hydrogen-bond donors (Lipinski definition) is 1. The monoisotopic (exact) mass is 469 g/mol. The van der Waals surface area contributed by atoms with Crippen molar-refractivity contribution >= 4 is 21.8 Å². The fourth-order valence-electron chi connectivity index (χ4n) is 4.10. The van der Waals surface area contributed by atoms with Crippen LogP contribution in [0.3, 0.4) is 0 Å². The summed E-state index contributed by atoms with van der Waals surface area (Å²) in [7, 11) is 1.47. The Morgan fingerprint density at radius 3 is 2.38 bits per heavy atom. The number of benzene rings is 3. The lowest BCUT2D eigenvalue weighted by Crippen LogP contribution is -2.45. The third kappa shape index (κ3) is 3.58. The maximum atomic E-state index is 14.3. The van der Waals surface area contributed by atoms with Gasteiger partial charge in [-0.15, -0.1) is 0 Å². The zero-order valence-corrected chi connectivity index (χ0v) is 17.9. The van der Waals surface area contributed by atoms with Gasteiger partial charge in [0.05, 0.1) is 36.6 Å². The number of aromatic nitrogens is 3. The molecule has 1 unspecified atom stereocenters. The maximum absolute atomic E-state index is 14.3. The number of methoxy groups -OCH3 is 1. The summed E-state index contributed by atoms with van der Waals surface area (Å²) >= 11 is 0. The molecule has 0 fully saturated rings. The predicted octanol–water partition coefficient (Wildman–Crippen LogP) is 5.58. The van der Waals surface area contributed by atoms with Crippen molar-refractivity contribution in [2.24, 2.45) is 0 Å². The average Bonchev–Trinajstić information content (AvgIpc) is 3.42. The van der Waals surface area contributed by atoms with Crippen LogP contribution < -0.4 is 4.74 Å². The molecule has 9 heteroatoms. The van der Waals surface area contributed by atoms with Gasteiger partial charge in [-0.1, -0.05) is 6.07 Å². The largest absolute Gasteiger partial charge is 0.497 e. The average molecular weight is 469 g/mol. The Labute approximate surface area is 191 Å². The first kappa shape index (κ1) is 22.0. The fraction of sp³-hybridized carbons (Fsp3) is 0.160. The molecule has 0 radical (unpaired) electrons. The Kier molecular flexibility index (Phi) is 5.09. The van der Waals surface area contributed by atoms with Gasteiger partial charge >= 0.3 is 6.18 Å². The van der Waals surface area contributed by atoms with E-state index < -0.39 is 24.1 Å². The number of aliphatic hydroxyl groups is 1.